The molecule has 0 aliphatic rings. The third-order valence-corrected chi connectivity index (χ3v) is 4.07. The molecule has 0 atom stereocenters. The van der Waals surface area contributed by atoms with Gasteiger partial charge >= 0.3 is 0 Å². The fraction of sp³-hybridized carbons (Fsp3) is 0.0476. The number of furan rings is 1. The van der Waals surface area contributed by atoms with Crippen molar-refractivity contribution in [1.29, 1.82) is 0 Å². The highest BCUT2D eigenvalue weighted by atomic mass is 16.5. The van der Waals surface area contributed by atoms with Crippen molar-refractivity contribution < 1.29 is 13.9 Å². The van der Waals surface area contributed by atoms with Gasteiger partial charge in [0.15, 0.2) is 17.1 Å². The summed E-state index contributed by atoms with van der Waals surface area (Å²) in [5.41, 5.74) is 1.97. The lowest BCUT2D eigenvalue weighted by atomic mass is 10.1. The number of nitrogens with zero attached hydrogens (tertiary/aromatic N) is 2. The molecular formula is C21H16N2O3. The molecule has 0 saturated heterocycles. The molecule has 0 radical (unpaired) electrons. The van der Waals surface area contributed by atoms with E-state index in [4.69, 9.17) is 9.15 Å². The number of methoxy groups -OCH3 is 1. The van der Waals surface area contributed by atoms with Crippen LogP contribution in [0.25, 0.3) is 22.7 Å². The molecule has 0 aliphatic heterocycles. The zero-order chi connectivity index (χ0) is 17.9. The quantitative estimate of drug-likeness (QED) is 0.394. The first-order chi connectivity index (χ1) is 12.8. The van der Waals surface area contributed by atoms with Crippen LogP contribution in [0.2, 0.25) is 0 Å². The van der Waals surface area contributed by atoms with E-state index in [1.807, 2.05) is 48.5 Å². The SMILES string of the molecule is COc1cccc2cc(/C=C/C(=O)c3ccccc3-n3cccn3)oc12. The van der Waals surface area contributed by atoms with Crippen molar-refractivity contribution in [3.8, 4) is 11.4 Å². The molecule has 5 nitrogen and oxygen atoms in total. The van der Waals surface area contributed by atoms with Gasteiger partial charge in [-0.25, -0.2) is 4.68 Å². The summed E-state index contributed by atoms with van der Waals surface area (Å²) in [6, 6.07) is 16.7. The summed E-state index contributed by atoms with van der Waals surface area (Å²) in [7, 11) is 1.60. The van der Waals surface area contributed by atoms with Gasteiger partial charge in [0.25, 0.3) is 0 Å². The summed E-state index contributed by atoms with van der Waals surface area (Å²) < 4.78 is 12.8. The maximum absolute atomic E-state index is 12.7. The molecule has 2 aromatic carbocycles. The molecule has 0 bridgehead atoms. The number of carbonyl (C=O) groups excluding carboxylic acids is 1. The van der Waals surface area contributed by atoms with E-state index >= 15 is 0 Å². The number of fused-ring (bicyclic) bond motifs is 1. The molecule has 2 heterocycles. The van der Waals surface area contributed by atoms with Gasteiger partial charge in [0.05, 0.1) is 12.8 Å². The highest BCUT2D eigenvalue weighted by Crippen LogP contribution is 2.29. The molecule has 4 aromatic rings. The van der Waals surface area contributed by atoms with Gasteiger partial charge in [-0.15, -0.1) is 0 Å². The fourth-order valence-corrected chi connectivity index (χ4v) is 2.84. The fourth-order valence-electron chi connectivity index (χ4n) is 2.84. The van der Waals surface area contributed by atoms with E-state index in [1.165, 1.54) is 6.08 Å². The van der Waals surface area contributed by atoms with E-state index < -0.39 is 0 Å². The number of benzene rings is 2. The van der Waals surface area contributed by atoms with Gasteiger partial charge in [-0.2, -0.15) is 5.10 Å². The van der Waals surface area contributed by atoms with Crippen molar-refractivity contribution in [2.24, 2.45) is 0 Å². The minimum Gasteiger partial charge on any atom is -0.493 e. The molecule has 0 aliphatic carbocycles. The molecule has 26 heavy (non-hydrogen) atoms. The summed E-state index contributed by atoms with van der Waals surface area (Å²) >= 11 is 0. The van der Waals surface area contributed by atoms with Crippen LogP contribution in [0.5, 0.6) is 5.75 Å². The Morgan fingerprint density at radius 3 is 2.85 bits per heavy atom. The van der Waals surface area contributed by atoms with E-state index in [2.05, 4.69) is 5.10 Å². The molecule has 0 unspecified atom stereocenters. The van der Waals surface area contributed by atoms with Crippen molar-refractivity contribution >= 4 is 22.8 Å². The van der Waals surface area contributed by atoms with Crippen LogP contribution in [0.1, 0.15) is 16.1 Å². The van der Waals surface area contributed by atoms with E-state index in [-0.39, 0.29) is 5.78 Å². The predicted octanol–water partition coefficient (Wildman–Crippen LogP) is 4.52. The maximum Gasteiger partial charge on any atom is 0.188 e. The third-order valence-electron chi connectivity index (χ3n) is 4.07. The molecule has 2 aromatic heterocycles. The molecule has 0 N–H and O–H groups in total. The minimum absolute atomic E-state index is 0.122. The lowest BCUT2D eigenvalue weighted by molar-refractivity contribution is 0.104. The van der Waals surface area contributed by atoms with Crippen LogP contribution in [-0.2, 0) is 0 Å². The second kappa shape index (κ2) is 6.72. The Morgan fingerprint density at radius 2 is 2.04 bits per heavy atom. The summed E-state index contributed by atoms with van der Waals surface area (Å²) in [4.78, 5) is 12.7. The molecule has 0 spiro atoms. The Labute approximate surface area is 150 Å². The largest absolute Gasteiger partial charge is 0.493 e. The number of hydrogen-bond acceptors (Lipinski definition) is 4. The van der Waals surface area contributed by atoms with E-state index in [9.17, 15) is 4.79 Å². The minimum atomic E-state index is -0.122. The van der Waals surface area contributed by atoms with E-state index in [0.717, 1.165) is 11.1 Å². The molecular weight excluding hydrogens is 328 g/mol. The molecule has 0 saturated carbocycles. The van der Waals surface area contributed by atoms with Gasteiger partial charge in [-0.1, -0.05) is 24.3 Å². The van der Waals surface area contributed by atoms with Gasteiger partial charge in [0.1, 0.15) is 5.76 Å². The highest BCUT2D eigenvalue weighted by molar-refractivity contribution is 6.09. The second-order valence-electron chi connectivity index (χ2n) is 5.69. The van der Waals surface area contributed by atoms with Crippen molar-refractivity contribution in [1.82, 2.24) is 9.78 Å². The number of ketones is 1. The maximum atomic E-state index is 12.7. The summed E-state index contributed by atoms with van der Waals surface area (Å²) in [6.45, 7) is 0. The highest BCUT2D eigenvalue weighted by Gasteiger charge is 2.11. The second-order valence-corrected chi connectivity index (χ2v) is 5.69. The Hall–Kier alpha value is -3.60. The standard InChI is InChI=1S/C21H16N2O3/c1-25-20-9-4-6-15-14-16(26-21(15)20)10-11-19(24)17-7-2-3-8-18(17)23-13-5-12-22-23/h2-14H,1H3/b11-10+. The number of allylic oxidation sites excluding steroid dienone is 1. The summed E-state index contributed by atoms with van der Waals surface area (Å²) in [5.74, 6) is 1.13. The van der Waals surface area contributed by atoms with Crippen molar-refractivity contribution in [2.45, 2.75) is 0 Å². The number of para-hydroxylation sites is 2. The Morgan fingerprint density at radius 1 is 1.15 bits per heavy atom. The van der Waals surface area contributed by atoms with Crippen molar-refractivity contribution in [3.05, 3.63) is 84.4 Å². The van der Waals surface area contributed by atoms with Crippen LogP contribution in [0.15, 0.2) is 77.5 Å². The zero-order valence-electron chi connectivity index (χ0n) is 14.1. The first-order valence-corrected chi connectivity index (χ1v) is 8.14. The van der Waals surface area contributed by atoms with Gasteiger partial charge < -0.3 is 9.15 Å². The Kier molecular flexibility index (Phi) is 4.11. The topological polar surface area (TPSA) is 57.3 Å². The Balaban J connectivity index is 1.65. The molecule has 0 amide bonds. The van der Waals surface area contributed by atoms with E-state index in [1.54, 1.807) is 36.3 Å². The van der Waals surface area contributed by atoms with Gasteiger partial charge in [-0.3, -0.25) is 4.79 Å². The summed E-state index contributed by atoms with van der Waals surface area (Å²) in [6.07, 6.45) is 6.66. The van der Waals surface area contributed by atoms with Crippen LogP contribution >= 0.6 is 0 Å². The summed E-state index contributed by atoms with van der Waals surface area (Å²) in [5, 5.41) is 5.13. The van der Waals surface area contributed by atoms with Gasteiger partial charge in [-0.05, 0) is 42.5 Å². The van der Waals surface area contributed by atoms with Crippen LogP contribution in [0.3, 0.4) is 0 Å². The average Bonchev–Trinajstić information content (AvgIpc) is 3.35. The Bertz CT molecular complexity index is 1090. The molecule has 128 valence electrons. The molecule has 0 fully saturated rings. The van der Waals surface area contributed by atoms with Crippen LogP contribution < -0.4 is 4.74 Å². The monoisotopic (exact) mass is 344 g/mol. The number of hydrogen-bond donors (Lipinski definition) is 0. The predicted molar refractivity (Wildman–Crippen MR) is 99.7 cm³/mol. The van der Waals surface area contributed by atoms with Crippen LogP contribution in [0.4, 0.5) is 0 Å². The average molecular weight is 344 g/mol. The third kappa shape index (κ3) is 2.91. The van der Waals surface area contributed by atoms with Crippen molar-refractivity contribution in [2.75, 3.05) is 7.11 Å². The van der Waals surface area contributed by atoms with Crippen molar-refractivity contribution in [3.63, 3.8) is 0 Å². The lowest BCUT2D eigenvalue weighted by Crippen LogP contribution is -2.04. The van der Waals surface area contributed by atoms with Gasteiger partial charge in [0, 0.05) is 23.3 Å². The zero-order valence-corrected chi connectivity index (χ0v) is 14.1. The normalized spacial score (nSPS) is 11.3. The van der Waals surface area contributed by atoms with Gasteiger partial charge in [0.2, 0.25) is 0 Å². The first kappa shape index (κ1) is 15.9. The lowest BCUT2D eigenvalue weighted by Gasteiger charge is -2.06. The molecule has 4 rings (SSSR count). The number of rotatable bonds is 5. The smallest absolute Gasteiger partial charge is 0.188 e. The van der Waals surface area contributed by atoms with Crippen LogP contribution in [-0.4, -0.2) is 22.7 Å². The number of ether oxygens (including phenoxy) is 1. The number of carbonyl (C=O) groups is 1. The molecule has 5 heteroatoms. The number of aromatic nitrogens is 2. The first-order valence-electron chi connectivity index (χ1n) is 8.14. The van der Waals surface area contributed by atoms with E-state index in [0.29, 0.717) is 22.7 Å². The van der Waals surface area contributed by atoms with Crippen LogP contribution in [0, 0.1) is 0 Å².